The van der Waals surface area contributed by atoms with E-state index in [1.165, 1.54) is 11.8 Å². The summed E-state index contributed by atoms with van der Waals surface area (Å²) in [6.45, 7) is 0.691. The molecule has 2 aromatic rings. The quantitative estimate of drug-likeness (QED) is 0.825. The van der Waals surface area contributed by atoms with Crippen molar-refractivity contribution >= 4 is 34.7 Å². The van der Waals surface area contributed by atoms with Crippen LogP contribution in [0, 0.1) is 0 Å². The number of hydrogen-bond acceptors (Lipinski definition) is 4. The monoisotopic (exact) mass is 322 g/mol. The van der Waals surface area contributed by atoms with Crippen molar-refractivity contribution in [2.75, 3.05) is 19.0 Å². The zero-order chi connectivity index (χ0) is 15.1. The van der Waals surface area contributed by atoms with Gasteiger partial charge >= 0.3 is 0 Å². The van der Waals surface area contributed by atoms with Gasteiger partial charge in [0.2, 0.25) is 0 Å². The molecule has 0 saturated heterocycles. The average Bonchev–Trinajstić information content (AvgIpc) is 2.50. The van der Waals surface area contributed by atoms with E-state index in [2.05, 4.69) is 20.8 Å². The van der Waals surface area contributed by atoms with Gasteiger partial charge in [-0.05, 0) is 42.4 Å². The van der Waals surface area contributed by atoms with Crippen LogP contribution >= 0.6 is 23.8 Å². The highest BCUT2D eigenvalue weighted by atomic mass is 35.5. The van der Waals surface area contributed by atoms with Crippen LogP contribution in [0.4, 0.5) is 5.82 Å². The van der Waals surface area contributed by atoms with Gasteiger partial charge in [-0.25, -0.2) is 0 Å². The van der Waals surface area contributed by atoms with Crippen molar-refractivity contribution in [3.63, 3.8) is 0 Å². The van der Waals surface area contributed by atoms with Crippen LogP contribution in [-0.4, -0.2) is 29.0 Å². The molecule has 1 aromatic carbocycles. The Balaban J connectivity index is 1.80. The Morgan fingerprint density at radius 1 is 1.38 bits per heavy atom. The number of anilines is 1. The van der Waals surface area contributed by atoms with Gasteiger partial charge in [0.25, 0.3) is 0 Å². The van der Waals surface area contributed by atoms with Gasteiger partial charge in [0.05, 0.1) is 18.3 Å². The molecule has 0 amide bonds. The Hall–Kier alpha value is -1.92. The Kier molecular flexibility index (Phi) is 5.71. The molecule has 1 aromatic heterocycles. The summed E-state index contributed by atoms with van der Waals surface area (Å²) in [5.74, 6) is 1.29. The Labute approximate surface area is 133 Å². The van der Waals surface area contributed by atoms with Gasteiger partial charge in [-0.2, -0.15) is 5.10 Å². The summed E-state index contributed by atoms with van der Waals surface area (Å²) in [6, 6.07) is 9.57. The highest BCUT2D eigenvalue weighted by Gasteiger charge is 2.04. The van der Waals surface area contributed by atoms with Crippen LogP contribution in [0.25, 0.3) is 0 Å². The molecule has 0 aliphatic rings. The molecule has 0 radical (unpaired) electrons. The van der Waals surface area contributed by atoms with Gasteiger partial charge in [0.1, 0.15) is 5.75 Å². The Morgan fingerprint density at radius 3 is 3.00 bits per heavy atom. The molecule has 5 nitrogen and oxygen atoms in total. The lowest BCUT2D eigenvalue weighted by Crippen LogP contribution is -2.30. The van der Waals surface area contributed by atoms with E-state index in [1.54, 1.807) is 13.2 Å². The number of nitrogens with one attached hydrogen (secondary N) is 2. The second-order valence-corrected chi connectivity index (χ2v) is 5.03. The highest BCUT2D eigenvalue weighted by Crippen LogP contribution is 2.16. The predicted molar refractivity (Wildman–Crippen MR) is 88.0 cm³/mol. The molecule has 110 valence electrons. The molecule has 0 spiro atoms. The first-order chi connectivity index (χ1) is 10.2. The van der Waals surface area contributed by atoms with E-state index >= 15 is 0 Å². The molecule has 0 bridgehead atoms. The Morgan fingerprint density at radius 2 is 2.24 bits per heavy atom. The molecule has 0 aliphatic carbocycles. The highest BCUT2D eigenvalue weighted by molar-refractivity contribution is 7.80. The third kappa shape index (κ3) is 4.84. The summed E-state index contributed by atoms with van der Waals surface area (Å²) in [4.78, 5) is 0. The van der Waals surface area contributed by atoms with E-state index in [4.69, 9.17) is 28.6 Å². The maximum absolute atomic E-state index is 5.97. The first-order valence-corrected chi connectivity index (χ1v) is 7.12. The van der Waals surface area contributed by atoms with E-state index in [-0.39, 0.29) is 0 Å². The standard InChI is InChI=1S/C14H15ClN4OS/c1-20-11-4-2-3-10(9-11)5-7-16-14(21)18-13-12(15)6-8-17-19-13/h2-4,6,8-9H,5,7H2,1H3,(H2,16,18,19,21). The van der Waals surface area contributed by atoms with Crippen LogP contribution in [0.15, 0.2) is 36.5 Å². The van der Waals surface area contributed by atoms with Gasteiger partial charge in [-0.3, -0.25) is 0 Å². The van der Waals surface area contributed by atoms with Crippen molar-refractivity contribution in [2.45, 2.75) is 6.42 Å². The topological polar surface area (TPSA) is 59.1 Å². The van der Waals surface area contributed by atoms with Gasteiger partial charge in [-0.1, -0.05) is 23.7 Å². The number of benzene rings is 1. The minimum Gasteiger partial charge on any atom is -0.497 e. The van der Waals surface area contributed by atoms with Crippen LogP contribution in [0.1, 0.15) is 5.56 Å². The van der Waals surface area contributed by atoms with Gasteiger partial charge in [0, 0.05) is 6.54 Å². The maximum Gasteiger partial charge on any atom is 0.173 e. The first kappa shape index (κ1) is 15.5. The summed E-state index contributed by atoms with van der Waals surface area (Å²) in [6.07, 6.45) is 2.35. The molecule has 7 heteroatoms. The van der Waals surface area contributed by atoms with E-state index < -0.39 is 0 Å². The van der Waals surface area contributed by atoms with Crippen molar-refractivity contribution in [1.29, 1.82) is 0 Å². The normalized spacial score (nSPS) is 10.0. The molecular formula is C14H15ClN4OS. The van der Waals surface area contributed by atoms with E-state index in [0.29, 0.717) is 22.5 Å². The number of methoxy groups -OCH3 is 1. The number of aromatic nitrogens is 2. The van der Waals surface area contributed by atoms with Crippen LogP contribution < -0.4 is 15.4 Å². The third-order valence-electron chi connectivity index (χ3n) is 2.74. The zero-order valence-corrected chi connectivity index (χ0v) is 13.0. The molecule has 0 unspecified atom stereocenters. The third-order valence-corrected chi connectivity index (χ3v) is 3.29. The fourth-order valence-corrected chi connectivity index (χ4v) is 2.04. The molecule has 2 N–H and O–H groups in total. The van der Waals surface area contributed by atoms with Crippen molar-refractivity contribution in [2.24, 2.45) is 0 Å². The average molecular weight is 323 g/mol. The molecule has 0 aliphatic heterocycles. The van der Waals surface area contributed by atoms with E-state index in [0.717, 1.165) is 12.2 Å². The number of thiocarbonyl (C=S) groups is 1. The zero-order valence-electron chi connectivity index (χ0n) is 11.5. The van der Waals surface area contributed by atoms with Crippen LogP contribution in [-0.2, 0) is 6.42 Å². The molecule has 0 saturated carbocycles. The summed E-state index contributed by atoms with van der Waals surface area (Å²) in [5, 5.41) is 14.6. The number of nitrogens with zero attached hydrogens (tertiary/aromatic N) is 2. The number of halogens is 1. The second kappa shape index (κ2) is 7.75. The molecule has 0 atom stereocenters. The summed E-state index contributed by atoms with van der Waals surface area (Å²) in [7, 11) is 1.65. The van der Waals surface area contributed by atoms with E-state index in [9.17, 15) is 0 Å². The predicted octanol–water partition coefficient (Wildman–Crippen LogP) is 2.67. The van der Waals surface area contributed by atoms with Gasteiger partial charge in [-0.15, -0.1) is 5.10 Å². The number of ether oxygens (including phenoxy) is 1. The lowest BCUT2D eigenvalue weighted by Gasteiger charge is -2.10. The Bertz CT molecular complexity index is 623. The molecular weight excluding hydrogens is 308 g/mol. The second-order valence-electron chi connectivity index (χ2n) is 4.21. The first-order valence-electron chi connectivity index (χ1n) is 6.34. The van der Waals surface area contributed by atoms with Crippen molar-refractivity contribution in [3.05, 3.63) is 47.1 Å². The largest absolute Gasteiger partial charge is 0.497 e. The van der Waals surface area contributed by atoms with Gasteiger partial charge in [0.15, 0.2) is 10.9 Å². The maximum atomic E-state index is 5.97. The molecule has 2 rings (SSSR count). The number of rotatable bonds is 5. The van der Waals surface area contributed by atoms with Crippen molar-refractivity contribution in [1.82, 2.24) is 15.5 Å². The molecule has 21 heavy (non-hydrogen) atoms. The summed E-state index contributed by atoms with van der Waals surface area (Å²) < 4.78 is 5.19. The lowest BCUT2D eigenvalue weighted by atomic mass is 10.1. The number of hydrogen-bond donors (Lipinski definition) is 2. The minimum atomic E-state index is 0.443. The summed E-state index contributed by atoms with van der Waals surface area (Å²) >= 11 is 11.2. The fourth-order valence-electron chi connectivity index (χ4n) is 1.70. The van der Waals surface area contributed by atoms with Crippen LogP contribution in [0.5, 0.6) is 5.75 Å². The smallest absolute Gasteiger partial charge is 0.173 e. The van der Waals surface area contributed by atoms with Crippen molar-refractivity contribution in [3.8, 4) is 5.75 Å². The van der Waals surface area contributed by atoms with Crippen molar-refractivity contribution < 1.29 is 4.74 Å². The minimum absolute atomic E-state index is 0.443. The molecule has 1 heterocycles. The van der Waals surface area contributed by atoms with Crippen LogP contribution in [0.3, 0.4) is 0 Å². The van der Waals surface area contributed by atoms with E-state index in [1.807, 2.05) is 24.3 Å². The fraction of sp³-hybridized carbons (Fsp3) is 0.214. The van der Waals surface area contributed by atoms with Crippen LogP contribution in [0.2, 0.25) is 5.02 Å². The SMILES string of the molecule is COc1cccc(CCNC(=S)Nc2nnccc2Cl)c1. The molecule has 0 fully saturated rings. The summed E-state index contributed by atoms with van der Waals surface area (Å²) in [5.41, 5.74) is 1.17. The lowest BCUT2D eigenvalue weighted by molar-refractivity contribution is 0.414. The van der Waals surface area contributed by atoms with Gasteiger partial charge < -0.3 is 15.4 Å².